The van der Waals surface area contributed by atoms with Crippen molar-refractivity contribution in [3.05, 3.63) is 72.5 Å². The van der Waals surface area contributed by atoms with E-state index in [0.29, 0.717) is 5.56 Å². The van der Waals surface area contributed by atoms with Gasteiger partial charge in [0, 0.05) is 35.9 Å². The van der Waals surface area contributed by atoms with Crippen LogP contribution < -0.4 is 11.2 Å². The number of nitro groups is 1. The van der Waals surface area contributed by atoms with Gasteiger partial charge in [0.15, 0.2) is 5.72 Å². The van der Waals surface area contributed by atoms with Crippen molar-refractivity contribution in [2.24, 2.45) is 0 Å². The first kappa shape index (κ1) is 24.6. The van der Waals surface area contributed by atoms with Crippen LogP contribution in [0.5, 0.6) is 0 Å². The highest BCUT2D eigenvalue weighted by Crippen LogP contribution is 2.40. The van der Waals surface area contributed by atoms with Gasteiger partial charge in [-0.25, -0.2) is 9.36 Å². The van der Waals surface area contributed by atoms with Crippen molar-refractivity contribution in [3.8, 4) is 0 Å². The summed E-state index contributed by atoms with van der Waals surface area (Å²) in [5.74, 6) is 0. The van der Waals surface area contributed by atoms with Crippen molar-refractivity contribution in [2.75, 3.05) is 6.61 Å². The Labute approximate surface area is 173 Å². The van der Waals surface area contributed by atoms with Crippen LogP contribution in [-0.4, -0.2) is 58.2 Å². The van der Waals surface area contributed by atoms with Gasteiger partial charge in [0.2, 0.25) is 0 Å². The molecule has 15 heteroatoms. The van der Waals surface area contributed by atoms with E-state index >= 15 is 0 Å². The number of aromatic nitrogens is 2. The van der Waals surface area contributed by atoms with Gasteiger partial charge in [-0.15, -0.1) is 0 Å². The Morgan fingerprint density at radius 3 is 2.29 bits per heavy atom. The number of phosphoric acid groups is 1. The maximum absolute atomic E-state index is 12.4. The van der Waals surface area contributed by atoms with Crippen LogP contribution in [0, 0.1) is 17.0 Å². The number of H-pyrrole nitrogens is 1. The lowest BCUT2D eigenvalue weighted by atomic mass is 9.97. The number of aliphatic hydroxyl groups is 2. The Morgan fingerprint density at radius 1 is 1.29 bits per heavy atom. The van der Waals surface area contributed by atoms with Gasteiger partial charge in [-0.05, 0) is 19.1 Å². The molecule has 2 aromatic rings. The molecule has 1 aromatic carbocycles. The molecule has 0 spiro atoms. The minimum Gasteiger partial charge on any atom is -0.394 e. The van der Waals surface area contributed by atoms with Crippen LogP contribution >= 0.6 is 7.82 Å². The Bertz CT molecular complexity index is 1100. The van der Waals surface area contributed by atoms with Gasteiger partial charge in [-0.2, -0.15) is 0 Å². The number of ether oxygens (including phenoxy) is 1. The number of nitrogens with one attached hydrogen (secondary N) is 1. The number of aromatic amines is 1. The SMILES string of the molecule is Cc1cn([C@@]2(c3ccc([N+](=O)[O-])cc3)C[C@H](O)[C@@H](CO)O2)c(=O)[nH]c1=O.O=P(O)(O)O. The third-order valence-electron chi connectivity index (χ3n) is 4.48. The number of aliphatic hydroxyl groups excluding tert-OH is 2. The molecule has 3 atom stereocenters. The molecule has 31 heavy (non-hydrogen) atoms. The Hall–Kier alpha value is -2.71. The summed E-state index contributed by atoms with van der Waals surface area (Å²) in [4.78, 5) is 58.1. The molecular weight excluding hydrogens is 441 g/mol. The molecule has 1 aliphatic heterocycles. The lowest BCUT2D eigenvalue weighted by molar-refractivity contribution is -0.384. The number of hydrogen-bond acceptors (Lipinski definition) is 8. The van der Waals surface area contributed by atoms with Gasteiger partial charge in [-0.3, -0.25) is 24.5 Å². The molecule has 1 saturated heterocycles. The number of nitrogens with zero attached hydrogens (tertiary/aromatic N) is 2. The monoisotopic (exact) mass is 461 g/mol. The quantitative estimate of drug-likeness (QED) is 0.178. The van der Waals surface area contributed by atoms with Gasteiger partial charge >= 0.3 is 13.5 Å². The number of hydrogen-bond donors (Lipinski definition) is 6. The van der Waals surface area contributed by atoms with Gasteiger partial charge in [0.25, 0.3) is 11.2 Å². The molecule has 170 valence electrons. The number of aryl methyl sites for hydroxylation is 1. The molecular formula is C16H20N3O11P. The zero-order chi connectivity index (χ0) is 23.6. The van der Waals surface area contributed by atoms with E-state index in [1.165, 1.54) is 37.4 Å². The van der Waals surface area contributed by atoms with Crippen LogP contribution in [0.2, 0.25) is 0 Å². The van der Waals surface area contributed by atoms with Crippen LogP contribution in [0.4, 0.5) is 5.69 Å². The molecule has 0 amide bonds. The highest BCUT2D eigenvalue weighted by Gasteiger charge is 2.49. The summed E-state index contributed by atoms with van der Waals surface area (Å²) in [5.41, 5.74) is -2.37. The first-order valence-electron chi connectivity index (χ1n) is 8.61. The minimum atomic E-state index is -4.64. The van der Waals surface area contributed by atoms with Crippen LogP contribution in [0.15, 0.2) is 40.1 Å². The van der Waals surface area contributed by atoms with E-state index in [0.717, 1.165) is 4.57 Å². The summed E-state index contributed by atoms with van der Waals surface area (Å²) < 4.78 is 15.8. The molecule has 14 nitrogen and oxygen atoms in total. The predicted octanol–water partition coefficient (Wildman–Crippen LogP) is -1.33. The van der Waals surface area contributed by atoms with Crippen molar-refractivity contribution >= 4 is 13.5 Å². The molecule has 1 fully saturated rings. The average Bonchev–Trinajstić information content (AvgIpc) is 3.01. The van der Waals surface area contributed by atoms with Crippen molar-refractivity contribution in [1.82, 2.24) is 9.55 Å². The minimum absolute atomic E-state index is 0.0819. The van der Waals surface area contributed by atoms with Gasteiger partial charge in [0.1, 0.15) is 6.10 Å². The van der Waals surface area contributed by atoms with Gasteiger partial charge < -0.3 is 29.6 Å². The fourth-order valence-corrected chi connectivity index (χ4v) is 3.11. The molecule has 0 unspecified atom stereocenters. The predicted molar refractivity (Wildman–Crippen MR) is 103 cm³/mol. The first-order valence-corrected chi connectivity index (χ1v) is 10.2. The fourth-order valence-electron chi connectivity index (χ4n) is 3.11. The molecule has 1 aromatic heterocycles. The van der Waals surface area contributed by atoms with E-state index in [2.05, 4.69) is 4.98 Å². The number of nitro benzene ring substituents is 1. The molecule has 6 N–H and O–H groups in total. The van der Waals surface area contributed by atoms with E-state index < -0.39 is 48.5 Å². The topological polar surface area (TPSA) is 225 Å². The van der Waals surface area contributed by atoms with E-state index in [-0.39, 0.29) is 17.7 Å². The number of non-ortho nitro benzene ring substituents is 1. The van der Waals surface area contributed by atoms with Gasteiger partial charge in [-0.1, -0.05) is 0 Å². The third kappa shape index (κ3) is 5.71. The Balaban J connectivity index is 0.000000614. The second kappa shape index (κ2) is 9.20. The van der Waals surface area contributed by atoms with Crippen LogP contribution in [-0.2, 0) is 15.0 Å². The van der Waals surface area contributed by atoms with E-state index in [9.17, 15) is 29.9 Å². The van der Waals surface area contributed by atoms with Crippen molar-refractivity contribution in [1.29, 1.82) is 0 Å². The summed E-state index contributed by atoms with van der Waals surface area (Å²) in [7, 11) is -4.64. The summed E-state index contributed by atoms with van der Waals surface area (Å²) in [6.45, 7) is 1.03. The molecule has 0 bridgehead atoms. The molecule has 2 heterocycles. The van der Waals surface area contributed by atoms with Crippen molar-refractivity contribution in [2.45, 2.75) is 31.3 Å². The Morgan fingerprint density at radius 2 is 1.84 bits per heavy atom. The fraction of sp³-hybridized carbons (Fsp3) is 0.375. The lowest BCUT2D eigenvalue weighted by Crippen LogP contribution is -2.45. The molecule has 0 radical (unpaired) electrons. The van der Waals surface area contributed by atoms with Crippen LogP contribution in [0.25, 0.3) is 0 Å². The zero-order valence-electron chi connectivity index (χ0n) is 16.0. The largest absolute Gasteiger partial charge is 0.466 e. The third-order valence-corrected chi connectivity index (χ3v) is 4.48. The highest BCUT2D eigenvalue weighted by atomic mass is 31.2. The van der Waals surface area contributed by atoms with E-state index in [1.807, 2.05) is 0 Å². The number of benzene rings is 1. The van der Waals surface area contributed by atoms with E-state index in [4.69, 9.17) is 24.0 Å². The first-order chi connectivity index (χ1) is 14.3. The molecule has 1 aliphatic rings. The normalized spacial score (nSPS) is 23.2. The Kier molecular flexibility index (Phi) is 7.28. The van der Waals surface area contributed by atoms with Crippen LogP contribution in [0.3, 0.4) is 0 Å². The zero-order valence-corrected chi connectivity index (χ0v) is 16.9. The highest BCUT2D eigenvalue weighted by molar-refractivity contribution is 7.45. The second-order valence-electron chi connectivity index (χ2n) is 6.65. The standard InChI is InChI=1S/C16H17N3O7.H3O4P/c1-9-7-18(15(23)17-14(9)22)16(6-12(21)13(8-20)26-16)10-2-4-11(5-3-10)19(24)25;1-5(2,3)4/h2-5,7,12-13,20-21H,6,8H2,1H3,(H,17,22,23);(H3,1,2,3,4)/t12-,13+,16-;/m0./s1. The summed E-state index contributed by atoms with van der Waals surface area (Å²) in [5, 5.41) is 30.5. The number of rotatable bonds is 4. The van der Waals surface area contributed by atoms with Crippen molar-refractivity contribution in [3.63, 3.8) is 0 Å². The average molecular weight is 461 g/mol. The summed E-state index contributed by atoms with van der Waals surface area (Å²) in [6, 6.07) is 5.33. The van der Waals surface area contributed by atoms with Crippen LogP contribution in [0.1, 0.15) is 17.5 Å². The summed E-state index contributed by atoms with van der Waals surface area (Å²) >= 11 is 0. The smallest absolute Gasteiger partial charge is 0.394 e. The van der Waals surface area contributed by atoms with E-state index in [1.54, 1.807) is 0 Å². The molecule has 3 rings (SSSR count). The van der Waals surface area contributed by atoms with Gasteiger partial charge in [0.05, 0.1) is 17.6 Å². The second-order valence-corrected chi connectivity index (χ2v) is 7.68. The lowest BCUT2D eigenvalue weighted by Gasteiger charge is -2.31. The maximum atomic E-state index is 12.4. The molecule has 0 saturated carbocycles. The van der Waals surface area contributed by atoms with Crippen molar-refractivity contribution < 1.29 is 39.1 Å². The molecule has 0 aliphatic carbocycles. The maximum Gasteiger partial charge on any atom is 0.466 e. The summed E-state index contributed by atoms with van der Waals surface area (Å²) in [6.07, 6.45) is -0.810.